The number of rotatable bonds is 7. The molecule has 168 valence electrons. The van der Waals surface area contributed by atoms with Crippen LogP contribution < -0.4 is 20.2 Å². The molecule has 1 aromatic heterocycles. The molecule has 0 bridgehead atoms. The van der Waals surface area contributed by atoms with Crippen LogP contribution in [0.3, 0.4) is 0 Å². The predicted octanol–water partition coefficient (Wildman–Crippen LogP) is 2.85. The number of methoxy groups -OCH3 is 1. The number of ether oxygens (including phenoxy) is 3. The van der Waals surface area contributed by atoms with Gasteiger partial charge < -0.3 is 19.9 Å². The summed E-state index contributed by atoms with van der Waals surface area (Å²) in [5.74, 6) is 1.48. The molecule has 0 saturated carbocycles. The van der Waals surface area contributed by atoms with E-state index >= 15 is 0 Å². The molecule has 1 saturated heterocycles. The van der Waals surface area contributed by atoms with Crippen molar-refractivity contribution in [1.29, 1.82) is 0 Å². The summed E-state index contributed by atoms with van der Waals surface area (Å²) in [6.07, 6.45) is 10.5. The maximum absolute atomic E-state index is 6.58. The molecule has 0 spiro atoms. The molecule has 2 aromatic carbocycles. The third kappa shape index (κ3) is 3.99. The van der Waals surface area contributed by atoms with Crippen molar-refractivity contribution in [2.75, 3.05) is 57.3 Å². The smallest absolute Gasteiger partial charge is 0.168 e. The first-order valence-electron chi connectivity index (χ1n) is 11.0. The van der Waals surface area contributed by atoms with Crippen LogP contribution in [0.4, 0.5) is 5.69 Å². The molecule has 8 heteroatoms. The second kappa shape index (κ2) is 9.10. The fourth-order valence-electron chi connectivity index (χ4n) is 4.43. The number of nitrogen functional groups attached to an aromatic ring is 1. The van der Waals surface area contributed by atoms with Crippen LogP contribution in [-0.4, -0.2) is 61.1 Å². The van der Waals surface area contributed by atoms with Crippen molar-refractivity contribution in [3.63, 3.8) is 0 Å². The molecule has 1 fully saturated rings. The maximum Gasteiger partial charge on any atom is 0.168 e. The summed E-state index contributed by atoms with van der Waals surface area (Å²) in [7, 11) is 1.68. The van der Waals surface area contributed by atoms with Crippen LogP contribution in [0.2, 0.25) is 0 Å². The van der Waals surface area contributed by atoms with Gasteiger partial charge >= 0.3 is 0 Å². The predicted molar refractivity (Wildman–Crippen MR) is 125 cm³/mol. The van der Waals surface area contributed by atoms with Crippen molar-refractivity contribution in [3.05, 3.63) is 54.2 Å². The van der Waals surface area contributed by atoms with Crippen LogP contribution in [0.25, 0.3) is 16.8 Å². The van der Waals surface area contributed by atoms with Gasteiger partial charge in [0.05, 0.1) is 33.5 Å². The maximum atomic E-state index is 6.58. The minimum Gasteiger partial charge on any atom is -0.492 e. The first-order valence-corrected chi connectivity index (χ1v) is 11.0. The van der Waals surface area contributed by atoms with E-state index in [2.05, 4.69) is 27.0 Å². The number of nitrogens with two attached hydrogens (primary N) is 1. The molecule has 2 aliphatic heterocycles. The molecule has 0 amide bonds. The fraction of sp³-hybridized carbons (Fsp3) is 0.375. The molecule has 3 heterocycles. The lowest BCUT2D eigenvalue weighted by Gasteiger charge is -2.27. The number of hydrogen-bond donors (Lipinski definition) is 1. The topological polar surface area (TPSA) is 78.0 Å². The van der Waals surface area contributed by atoms with Gasteiger partial charge in [-0.15, -0.1) is 0 Å². The zero-order chi connectivity index (χ0) is 21.9. The third-order valence-corrected chi connectivity index (χ3v) is 6.12. The lowest BCUT2D eigenvalue weighted by molar-refractivity contribution is 0.0357. The van der Waals surface area contributed by atoms with E-state index < -0.39 is 0 Å². The van der Waals surface area contributed by atoms with Gasteiger partial charge in [-0.3, -0.25) is 9.91 Å². The first-order chi connectivity index (χ1) is 15.7. The van der Waals surface area contributed by atoms with Gasteiger partial charge in [0.1, 0.15) is 6.33 Å². The Morgan fingerprint density at radius 1 is 1.19 bits per heavy atom. The molecule has 2 aliphatic rings. The molecule has 32 heavy (non-hydrogen) atoms. The summed E-state index contributed by atoms with van der Waals surface area (Å²) < 4.78 is 19.3. The first kappa shape index (κ1) is 20.7. The largest absolute Gasteiger partial charge is 0.492 e. The zero-order valence-corrected chi connectivity index (χ0v) is 18.4. The van der Waals surface area contributed by atoms with E-state index in [-0.39, 0.29) is 0 Å². The van der Waals surface area contributed by atoms with Crippen molar-refractivity contribution in [2.24, 2.45) is 0 Å². The number of nitrogens with zero attached hydrogens (tertiary/aromatic N) is 4. The SMILES string of the molecule is COc1c(OCCCN2CCOCC2)ccc2c(N)c3c(cc12)CN(n1ccnc1)C=C3. The third-order valence-electron chi connectivity index (χ3n) is 6.12. The van der Waals surface area contributed by atoms with Crippen LogP contribution in [0.15, 0.2) is 43.1 Å². The van der Waals surface area contributed by atoms with Gasteiger partial charge in [0, 0.05) is 60.3 Å². The van der Waals surface area contributed by atoms with Crippen LogP contribution >= 0.6 is 0 Å². The molecule has 2 N–H and O–H groups in total. The number of fused-ring (bicyclic) bond motifs is 2. The molecule has 5 rings (SSSR count). The van der Waals surface area contributed by atoms with Gasteiger partial charge in [0.25, 0.3) is 0 Å². The zero-order valence-electron chi connectivity index (χ0n) is 18.4. The quantitative estimate of drug-likeness (QED) is 0.452. The standard InChI is InChI=1S/C24H29N5O3/c1-30-24-21-15-18-16-28(29-9-6-26-17-29)8-5-19(18)23(25)20(21)3-4-22(24)32-12-2-7-27-10-13-31-14-11-27/h3-6,8-9,15,17H,2,7,10-14,16,25H2,1H3. The van der Waals surface area contributed by atoms with Crippen molar-refractivity contribution in [1.82, 2.24) is 14.6 Å². The van der Waals surface area contributed by atoms with Crippen molar-refractivity contribution in [3.8, 4) is 11.5 Å². The fourth-order valence-corrected chi connectivity index (χ4v) is 4.43. The van der Waals surface area contributed by atoms with Crippen LogP contribution in [0.1, 0.15) is 17.5 Å². The van der Waals surface area contributed by atoms with Crippen molar-refractivity contribution in [2.45, 2.75) is 13.0 Å². The molecule has 8 nitrogen and oxygen atoms in total. The Balaban J connectivity index is 1.37. The highest BCUT2D eigenvalue weighted by atomic mass is 16.5. The highest BCUT2D eigenvalue weighted by Crippen LogP contribution is 2.41. The highest BCUT2D eigenvalue weighted by Gasteiger charge is 2.20. The Hall–Kier alpha value is -3.23. The number of anilines is 1. The van der Waals surface area contributed by atoms with Gasteiger partial charge in [-0.25, -0.2) is 9.66 Å². The number of aromatic nitrogens is 2. The van der Waals surface area contributed by atoms with E-state index in [1.807, 2.05) is 29.2 Å². The summed E-state index contributed by atoms with van der Waals surface area (Å²) in [5.41, 5.74) is 9.53. The number of morpholine rings is 1. The second-order valence-corrected chi connectivity index (χ2v) is 8.07. The summed E-state index contributed by atoms with van der Waals surface area (Å²) in [6.45, 7) is 5.96. The number of imidazole rings is 1. The molecule has 0 radical (unpaired) electrons. The van der Waals surface area contributed by atoms with Gasteiger partial charge in [-0.05, 0) is 36.3 Å². The number of benzene rings is 2. The van der Waals surface area contributed by atoms with Gasteiger partial charge in [0.2, 0.25) is 0 Å². The highest BCUT2D eigenvalue weighted by molar-refractivity contribution is 6.02. The molecule has 3 aromatic rings. The molecular formula is C24H29N5O3. The Kier molecular flexibility index (Phi) is 5.87. The molecule has 0 unspecified atom stereocenters. The minimum absolute atomic E-state index is 0.636. The average molecular weight is 436 g/mol. The Morgan fingerprint density at radius 3 is 2.84 bits per heavy atom. The normalized spacial score (nSPS) is 16.3. The van der Waals surface area contributed by atoms with Gasteiger partial charge in [-0.2, -0.15) is 0 Å². The van der Waals surface area contributed by atoms with Crippen LogP contribution in [0.5, 0.6) is 11.5 Å². The Morgan fingerprint density at radius 2 is 2.06 bits per heavy atom. The van der Waals surface area contributed by atoms with E-state index in [1.165, 1.54) is 0 Å². The molecule has 0 aliphatic carbocycles. The van der Waals surface area contributed by atoms with E-state index in [0.29, 0.717) is 13.2 Å². The van der Waals surface area contributed by atoms with Crippen molar-refractivity contribution < 1.29 is 14.2 Å². The summed E-state index contributed by atoms with van der Waals surface area (Å²) in [4.78, 5) is 6.56. The monoisotopic (exact) mass is 435 g/mol. The Bertz CT molecular complexity index is 1110. The van der Waals surface area contributed by atoms with E-state index in [4.69, 9.17) is 19.9 Å². The average Bonchev–Trinajstić information content (AvgIpc) is 3.37. The lowest BCUT2D eigenvalue weighted by Crippen LogP contribution is -2.37. The Labute approximate surface area is 187 Å². The molecular weight excluding hydrogens is 406 g/mol. The summed E-state index contributed by atoms with van der Waals surface area (Å²) >= 11 is 0. The lowest BCUT2D eigenvalue weighted by atomic mass is 9.95. The second-order valence-electron chi connectivity index (χ2n) is 8.07. The van der Waals surface area contributed by atoms with Crippen LogP contribution in [0, 0.1) is 0 Å². The van der Waals surface area contributed by atoms with E-state index in [9.17, 15) is 0 Å². The van der Waals surface area contributed by atoms with E-state index in [1.54, 1.807) is 19.6 Å². The summed E-state index contributed by atoms with van der Waals surface area (Å²) in [6, 6.07) is 6.15. The van der Waals surface area contributed by atoms with Gasteiger partial charge in [0.15, 0.2) is 11.5 Å². The van der Waals surface area contributed by atoms with Crippen LogP contribution in [-0.2, 0) is 11.3 Å². The van der Waals surface area contributed by atoms with E-state index in [0.717, 1.165) is 78.4 Å². The minimum atomic E-state index is 0.636. The number of hydrogen-bond acceptors (Lipinski definition) is 7. The van der Waals surface area contributed by atoms with Gasteiger partial charge in [-0.1, -0.05) is 0 Å². The summed E-state index contributed by atoms with van der Waals surface area (Å²) in [5, 5.41) is 4.02. The molecule has 0 atom stereocenters. The van der Waals surface area contributed by atoms with Crippen molar-refractivity contribution >= 4 is 22.5 Å².